The molecule has 0 aliphatic carbocycles. The molecule has 1 unspecified atom stereocenters. The Kier molecular flexibility index (Phi) is 4.82. The molecule has 3 aromatic rings. The number of alkyl halides is 3. The number of likely N-dealkylation sites (tertiary alicyclic amines) is 1. The summed E-state index contributed by atoms with van der Waals surface area (Å²) in [7, 11) is 0. The van der Waals surface area contributed by atoms with Crippen molar-refractivity contribution in [3.63, 3.8) is 0 Å². The Hall–Kier alpha value is -2.48. The summed E-state index contributed by atoms with van der Waals surface area (Å²) in [6.45, 7) is 5.43. The van der Waals surface area contributed by atoms with Gasteiger partial charge in [-0.2, -0.15) is 18.3 Å². The molecule has 1 fully saturated rings. The molecule has 4 heterocycles. The predicted molar refractivity (Wildman–Crippen MR) is 98.7 cm³/mol. The van der Waals surface area contributed by atoms with Gasteiger partial charge in [0.2, 0.25) is 0 Å². The third kappa shape index (κ3) is 3.48. The zero-order chi connectivity index (χ0) is 19.9. The first-order valence-corrected chi connectivity index (χ1v) is 9.47. The van der Waals surface area contributed by atoms with Gasteiger partial charge in [0.05, 0.1) is 11.7 Å². The molecule has 0 bridgehead atoms. The highest BCUT2D eigenvalue weighted by Crippen LogP contribution is 2.35. The van der Waals surface area contributed by atoms with Crippen molar-refractivity contribution in [2.24, 2.45) is 0 Å². The van der Waals surface area contributed by atoms with Crippen molar-refractivity contribution >= 4 is 5.65 Å². The van der Waals surface area contributed by atoms with Crippen LogP contribution in [0, 0.1) is 6.92 Å². The third-order valence-electron chi connectivity index (χ3n) is 5.37. The number of halogens is 3. The summed E-state index contributed by atoms with van der Waals surface area (Å²) < 4.78 is 41.5. The molecule has 4 rings (SSSR count). The minimum absolute atomic E-state index is 0.0135. The summed E-state index contributed by atoms with van der Waals surface area (Å²) in [6.07, 6.45) is 1.43. The largest absolute Gasteiger partial charge is 0.433 e. The highest BCUT2D eigenvalue weighted by atomic mass is 19.4. The van der Waals surface area contributed by atoms with Crippen LogP contribution in [0.3, 0.4) is 0 Å². The number of aryl methyl sites for hydroxylation is 2. The van der Waals surface area contributed by atoms with Crippen LogP contribution in [-0.4, -0.2) is 31.0 Å². The predicted octanol–water partition coefficient (Wildman–Crippen LogP) is 4.35. The highest BCUT2D eigenvalue weighted by molar-refractivity contribution is 5.43. The Labute approximate surface area is 161 Å². The van der Waals surface area contributed by atoms with Gasteiger partial charge >= 0.3 is 6.18 Å². The minimum atomic E-state index is -4.47. The van der Waals surface area contributed by atoms with Gasteiger partial charge in [0.25, 0.3) is 0 Å². The van der Waals surface area contributed by atoms with E-state index in [-0.39, 0.29) is 11.7 Å². The molecule has 1 atom stereocenters. The molecule has 5 nitrogen and oxygen atoms in total. The van der Waals surface area contributed by atoms with Crippen molar-refractivity contribution in [3.8, 4) is 0 Å². The average Bonchev–Trinajstić information content (AvgIpc) is 3.28. The Balaban J connectivity index is 1.71. The third-order valence-corrected chi connectivity index (χ3v) is 5.37. The van der Waals surface area contributed by atoms with E-state index in [1.807, 2.05) is 19.2 Å². The summed E-state index contributed by atoms with van der Waals surface area (Å²) in [6, 6.07) is 4.78. The fourth-order valence-electron chi connectivity index (χ4n) is 3.84. The molecule has 0 N–H and O–H groups in total. The molecule has 0 spiro atoms. The van der Waals surface area contributed by atoms with Crippen LogP contribution in [-0.2, 0) is 19.1 Å². The first kappa shape index (κ1) is 18.9. The lowest BCUT2D eigenvalue weighted by Crippen LogP contribution is -2.23. The van der Waals surface area contributed by atoms with Crippen LogP contribution in [0.4, 0.5) is 13.2 Å². The quantitative estimate of drug-likeness (QED) is 0.666. The van der Waals surface area contributed by atoms with E-state index in [0.29, 0.717) is 17.8 Å². The maximum absolute atomic E-state index is 13.5. The second kappa shape index (κ2) is 7.16. The molecule has 1 aliphatic rings. The zero-order valence-corrected chi connectivity index (χ0v) is 15.9. The van der Waals surface area contributed by atoms with E-state index in [2.05, 4.69) is 20.0 Å². The Morgan fingerprint density at radius 1 is 1.25 bits per heavy atom. The Morgan fingerprint density at radius 3 is 2.79 bits per heavy atom. The molecular weight excluding hydrogens is 367 g/mol. The standard InChI is InChI=1S/C20H22F3N5/c1-3-15-9-18(20(21,22)23)28-19(25-15)10-16(26-28)17-5-4-8-27(17)12-14-6-7-24-11-13(14)2/h6-7,9-11,17H,3-5,8,12H2,1-2H3. The van der Waals surface area contributed by atoms with E-state index in [1.165, 1.54) is 5.56 Å². The zero-order valence-electron chi connectivity index (χ0n) is 15.9. The summed E-state index contributed by atoms with van der Waals surface area (Å²) in [4.78, 5) is 10.8. The second-order valence-electron chi connectivity index (χ2n) is 7.25. The molecule has 0 amide bonds. The topological polar surface area (TPSA) is 46.3 Å². The van der Waals surface area contributed by atoms with E-state index in [1.54, 1.807) is 19.2 Å². The van der Waals surface area contributed by atoms with Gasteiger partial charge < -0.3 is 0 Å². The molecule has 0 saturated carbocycles. The van der Waals surface area contributed by atoms with Gasteiger partial charge in [0.1, 0.15) is 5.69 Å². The number of nitrogens with zero attached hydrogens (tertiary/aromatic N) is 5. The van der Waals surface area contributed by atoms with Crippen LogP contribution < -0.4 is 0 Å². The van der Waals surface area contributed by atoms with Crippen LogP contribution in [0.1, 0.15) is 54.0 Å². The number of fused-ring (bicyclic) bond motifs is 1. The van der Waals surface area contributed by atoms with Gasteiger partial charge in [0.15, 0.2) is 5.65 Å². The van der Waals surface area contributed by atoms with Crippen molar-refractivity contribution in [3.05, 3.63) is 58.8 Å². The Morgan fingerprint density at radius 2 is 2.07 bits per heavy atom. The van der Waals surface area contributed by atoms with Gasteiger partial charge in [-0.15, -0.1) is 0 Å². The van der Waals surface area contributed by atoms with Crippen LogP contribution in [0.2, 0.25) is 0 Å². The van der Waals surface area contributed by atoms with Gasteiger partial charge in [-0.3, -0.25) is 9.88 Å². The Bertz CT molecular complexity index is 995. The number of hydrogen-bond donors (Lipinski definition) is 0. The second-order valence-corrected chi connectivity index (χ2v) is 7.25. The number of hydrogen-bond acceptors (Lipinski definition) is 4. The molecular formula is C20H22F3N5. The lowest BCUT2D eigenvalue weighted by atomic mass is 10.1. The van der Waals surface area contributed by atoms with Crippen molar-refractivity contribution in [2.45, 2.75) is 51.9 Å². The molecule has 1 aliphatic heterocycles. The van der Waals surface area contributed by atoms with E-state index >= 15 is 0 Å². The SMILES string of the molecule is CCc1cc(C(F)(F)F)n2nc(C3CCCN3Cc3ccncc3C)cc2n1. The van der Waals surface area contributed by atoms with Crippen LogP contribution in [0.25, 0.3) is 5.65 Å². The number of pyridine rings is 1. The first-order chi connectivity index (χ1) is 13.4. The van der Waals surface area contributed by atoms with E-state index < -0.39 is 11.9 Å². The molecule has 0 aromatic carbocycles. The monoisotopic (exact) mass is 389 g/mol. The average molecular weight is 389 g/mol. The fraction of sp³-hybridized carbons (Fsp3) is 0.450. The molecule has 0 radical (unpaired) electrons. The molecule has 8 heteroatoms. The van der Waals surface area contributed by atoms with Crippen molar-refractivity contribution < 1.29 is 13.2 Å². The molecule has 28 heavy (non-hydrogen) atoms. The maximum atomic E-state index is 13.5. The minimum Gasteiger partial charge on any atom is -0.290 e. The molecule has 1 saturated heterocycles. The van der Waals surface area contributed by atoms with E-state index in [4.69, 9.17) is 0 Å². The van der Waals surface area contributed by atoms with Gasteiger partial charge in [-0.05, 0) is 56.0 Å². The van der Waals surface area contributed by atoms with Crippen molar-refractivity contribution in [2.75, 3.05) is 6.54 Å². The van der Waals surface area contributed by atoms with Gasteiger partial charge in [0, 0.05) is 30.7 Å². The van der Waals surface area contributed by atoms with Gasteiger partial charge in [-0.1, -0.05) is 6.92 Å². The smallest absolute Gasteiger partial charge is 0.290 e. The summed E-state index contributed by atoms with van der Waals surface area (Å²) >= 11 is 0. The normalized spacial score (nSPS) is 18.2. The van der Waals surface area contributed by atoms with Crippen LogP contribution in [0.15, 0.2) is 30.6 Å². The highest BCUT2D eigenvalue weighted by Gasteiger charge is 2.36. The van der Waals surface area contributed by atoms with E-state index in [0.717, 1.165) is 42.1 Å². The maximum Gasteiger partial charge on any atom is 0.433 e. The molecule has 3 aromatic heterocycles. The van der Waals surface area contributed by atoms with Crippen molar-refractivity contribution in [1.29, 1.82) is 0 Å². The van der Waals surface area contributed by atoms with Gasteiger partial charge in [-0.25, -0.2) is 9.50 Å². The number of rotatable bonds is 4. The molecule has 148 valence electrons. The first-order valence-electron chi connectivity index (χ1n) is 9.47. The van der Waals surface area contributed by atoms with E-state index in [9.17, 15) is 13.2 Å². The summed E-state index contributed by atoms with van der Waals surface area (Å²) in [5.74, 6) is 0. The van der Waals surface area contributed by atoms with Crippen LogP contribution >= 0.6 is 0 Å². The summed E-state index contributed by atoms with van der Waals surface area (Å²) in [5, 5.41) is 4.33. The lowest BCUT2D eigenvalue weighted by molar-refractivity contribution is -0.142. The lowest BCUT2D eigenvalue weighted by Gasteiger charge is -2.23. The van der Waals surface area contributed by atoms with Crippen molar-refractivity contribution in [1.82, 2.24) is 24.5 Å². The van der Waals surface area contributed by atoms with Crippen LogP contribution in [0.5, 0.6) is 0 Å². The fourth-order valence-corrected chi connectivity index (χ4v) is 3.84. The number of aromatic nitrogens is 4. The summed E-state index contributed by atoms with van der Waals surface area (Å²) in [5.41, 5.74) is 2.84.